The van der Waals surface area contributed by atoms with E-state index in [1.807, 2.05) is 18.2 Å². The van der Waals surface area contributed by atoms with Gasteiger partial charge in [-0.3, -0.25) is 0 Å². The van der Waals surface area contributed by atoms with Gasteiger partial charge in [0.25, 0.3) is 0 Å². The smallest absolute Gasteiger partial charge is 0.123 e. The number of hydrogen-bond donors (Lipinski definition) is 1. The Labute approximate surface area is 128 Å². The molecule has 1 heterocycles. The van der Waals surface area contributed by atoms with E-state index in [9.17, 15) is 0 Å². The lowest BCUT2D eigenvalue weighted by Gasteiger charge is -2.13. The first-order valence-electron chi connectivity index (χ1n) is 6.57. The molecule has 2 aromatic carbocycles. The third-order valence-electron chi connectivity index (χ3n) is 3.39. The summed E-state index contributed by atoms with van der Waals surface area (Å²) in [6, 6.07) is 14.3. The molecule has 3 rings (SSSR count). The normalized spacial score (nSPS) is 16.6. The maximum Gasteiger partial charge on any atom is 0.123 e. The number of nitrogens with one attached hydrogen (secondary N) is 1. The lowest BCUT2D eigenvalue weighted by Crippen LogP contribution is -2.23. The van der Waals surface area contributed by atoms with E-state index >= 15 is 0 Å². The van der Waals surface area contributed by atoms with Gasteiger partial charge in [0.1, 0.15) is 11.9 Å². The number of benzene rings is 2. The average molecular weight is 306 g/mol. The average Bonchev–Trinajstić information content (AvgIpc) is 2.87. The second-order valence-electron chi connectivity index (χ2n) is 4.81. The van der Waals surface area contributed by atoms with Crippen molar-refractivity contribution in [2.45, 2.75) is 17.4 Å². The van der Waals surface area contributed by atoms with Crippen molar-refractivity contribution in [1.82, 2.24) is 0 Å². The largest absolute Gasteiger partial charge is 0.488 e. The third kappa shape index (κ3) is 3.05. The Balaban J connectivity index is 1.58. The minimum atomic E-state index is 0.170. The molecule has 4 heteroatoms. The summed E-state index contributed by atoms with van der Waals surface area (Å²) in [5.41, 5.74) is 2.32. The summed E-state index contributed by atoms with van der Waals surface area (Å²) in [7, 11) is 0. The molecule has 1 atom stereocenters. The summed E-state index contributed by atoms with van der Waals surface area (Å²) in [6.07, 6.45) is 3.16. The quantitative estimate of drug-likeness (QED) is 0.842. The number of thioether (sulfide) groups is 1. The Morgan fingerprint density at radius 2 is 2.05 bits per heavy atom. The van der Waals surface area contributed by atoms with Crippen molar-refractivity contribution in [3.63, 3.8) is 0 Å². The lowest BCUT2D eigenvalue weighted by molar-refractivity contribution is 0.246. The topological polar surface area (TPSA) is 21.3 Å². The minimum absolute atomic E-state index is 0.170. The van der Waals surface area contributed by atoms with Crippen LogP contribution in [0.15, 0.2) is 47.4 Å². The molecule has 2 nitrogen and oxygen atoms in total. The molecule has 1 aliphatic rings. The van der Waals surface area contributed by atoms with Gasteiger partial charge in [-0.25, -0.2) is 0 Å². The van der Waals surface area contributed by atoms with Crippen LogP contribution >= 0.6 is 23.4 Å². The van der Waals surface area contributed by atoms with Crippen LogP contribution in [-0.2, 0) is 6.42 Å². The van der Waals surface area contributed by atoms with Gasteiger partial charge in [-0.15, -0.1) is 11.8 Å². The zero-order valence-electron chi connectivity index (χ0n) is 11.2. The first kappa shape index (κ1) is 13.7. The number of rotatable bonds is 4. The summed E-state index contributed by atoms with van der Waals surface area (Å²) in [5, 5.41) is 4.19. The highest BCUT2D eigenvalue weighted by molar-refractivity contribution is 7.98. The second kappa shape index (κ2) is 5.98. The number of fused-ring (bicyclic) bond motifs is 1. The van der Waals surface area contributed by atoms with E-state index in [-0.39, 0.29) is 6.10 Å². The molecule has 1 unspecified atom stereocenters. The van der Waals surface area contributed by atoms with Gasteiger partial charge < -0.3 is 10.1 Å². The van der Waals surface area contributed by atoms with E-state index in [0.717, 1.165) is 29.4 Å². The molecule has 1 aliphatic heterocycles. The molecular weight excluding hydrogens is 290 g/mol. The van der Waals surface area contributed by atoms with Crippen molar-refractivity contribution >= 4 is 29.1 Å². The van der Waals surface area contributed by atoms with Crippen LogP contribution in [0.4, 0.5) is 5.69 Å². The second-order valence-corrected chi connectivity index (χ2v) is 6.12. The predicted octanol–water partition coefficient (Wildman–Crippen LogP) is 4.48. The third-order valence-corrected chi connectivity index (χ3v) is 4.37. The molecule has 1 N–H and O–H groups in total. The van der Waals surface area contributed by atoms with Gasteiger partial charge in [0, 0.05) is 22.0 Å². The minimum Gasteiger partial charge on any atom is -0.488 e. The van der Waals surface area contributed by atoms with Crippen LogP contribution in [0.25, 0.3) is 0 Å². The molecule has 0 amide bonds. The van der Waals surface area contributed by atoms with Crippen LogP contribution in [0.1, 0.15) is 5.56 Å². The van der Waals surface area contributed by atoms with Crippen LogP contribution in [0, 0.1) is 0 Å². The van der Waals surface area contributed by atoms with E-state index in [2.05, 4.69) is 35.8 Å². The predicted molar refractivity (Wildman–Crippen MR) is 86.3 cm³/mol. The summed E-state index contributed by atoms with van der Waals surface area (Å²) < 4.78 is 5.90. The van der Waals surface area contributed by atoms with Crippen LogP contribution in [-0.4, -0.2) is 18.9 Å². The monoisotopic (exact) mass is 305 g/mol. The molecular formula is C16H16ClNOS. The van der Waals surface area contributed by atoms with Crippen molar-refractivity contribution in [2.75, 3.05) is 18.1 Å². The fraction of sp³-hybridized carbons (Fsp3) is 0.250. The Bertz CT molecular complexity index is 600. The van der Waals surface area contributed by atoms with Crippen LogP contribution in [0.2, 0.25) is 5.02 Å². The van der Waals surface area contributed by atoms with E-state index in [4.69, 9.17) is 16.3 Å². The summed E-state index contributed by atoms with van der Waals surface area (Å²) in [5.74, 6) is 0.957. The highest BCUT2D eigenvalue weighted by Gasteiger charge is 2.22. The number of anilines is 1. The maximum atomic E-state index is 6.00. The van der Waals surface area contributed by atoms with Crippen molar-refractivity contribution in [3.05, 3.63) is 53.1 Å². The van der Waals surface area contributed by atoms with Crippen molar-refractivity contribution in [1.29, 1.82) is 0 Å². The maximum absolute atomic E-state index is 6.00. The molecule has 0 saturated heterocycles. The molecule has 20 heavy (non-hydrogen) atoms. The van der Waals surface area contributed by atoms with Crippen LogP contribution in [0.3, 0.4) is 0 Å². The van der Waals surface area contributed by atoms with Gasteiger partial charge in [-0.05, 0) is 54.3 Å². The molecule has 0 aliphatic carbocycles. The molecule has 0 bridgehead atoms. The molecule has 0 saturated carbocycles. The van der Waals surface area contributed by atoms with Crippen molar-refractivity contribution in [3.8, 4) is 5.75 Å². The molecule has 0 radical (unpaired) electrons. The van der Waals surface area contributed by atoms with Gasteiger partial charge >= 0.3 is 0 Å². The van der Waals surface area contributed by atoms with Crippen LogP contribution in [0.5, 0.6) is 5.75 Å². The zero-order valence-corrected chi connectivity index (χ0v) is 12.8. The summed E-state index contributed by atoms with van der Waals surface area (Å²) in [4.78, 5) is 1.27. The SMILES string of the molecule is CSc1ccc(NCC2Cc3cc(Cl)ccc3O2)cc1. The Morgan fingerprint density at radius 3 is 2.80 bits per heavy atom. The molecule has 2 aromatic rings. The fourth-order valence-electron chi connectivity index (χ4n) is 2.34. The van der Waals surface area contributed by atoms with Crippen molar-refractivity contribution in [2.24, 2.45) is 0 Å². The number of ether oxygens (including phenoxy) is 1. The fourth-order valence-corrected chi connectivity index (χ4v) is 2.95. The van der Waals surface area contributed by atoms with E-state index in [1.54, 1.807) is 11.8 Å². The summed E-state index contributed by atoms with van der Waals surface area (Å²) in [6.45, 7) is 0.797. The number of halogens is 1. The van der Waals surface area contributed by atoms with E-state index in [1.165, 1.54) is 10.5 Å². The molecule has 104 valence electrons. The molecule has 0 spiro atoms. The Hall–Kier alpha value is -1.32. The van der Waals surface area contributed by atoms with Gasteiger partial charge in [-0.2, -0.15) is 0 Å². The van der Waals surface area contributed by atoms with Gasteiger partial charge in [0.05, 0.1) is 6.54 Å². The first-order valence-corrected chi connectivity index (χ1v) is 8.18. The van der Waals surface area contributed by atoms with E-state index in [0.29, 0.717) is 0 Å². The highest BCUT2D eigenvalue weighted by Crippen LogP contribution is 2.31. The number of hydrogen-bond acceptors (Lipinski definition) is 3. The Morgan fingerprint density at radius 1 is 1.25 bits per heavy atom. The Kier molecular flexibility index (Phi) is 4.08. The van der Waals surface area contributed by atoms with Gasteiger partial charge in [0.2, 0.25) is 0 Å². The standard InChI is InChI=1S/C16H16ClNOS/c1-20-15-5-3-13(4-6-15)18-10-14-9-11-8-12(17)2-7-16(11)19-14/h2-8,14,18H,9-10H2,1H3. The molecule has 0 fully saturated rings. The first-order chi connectivity index (χ1) is 9.74. The zero-order chi connectivity index (χ0) is 13.9. The summed E-state index contributed by atoms with van der Waals surface area (Å²) >= 11 is 7.75. The van der Waals surface area contributed by atoms with E-state index < -0.39 is 0 Å². The molecule has 0 aromatic heterocycles. The van der Waals surface area contributed by atoms with Gasteiger partial charge in [-0.1, -0.05) is 11.6 Å². The lowest BCUT2D eigenvalue weighted by atomic mass is 10.1. The van der Waals surface area contributed by atoms with Crippen molar-refractivity contribution < 1.29 is 4.74 Å². The van der Waals surface area contributed by atoms with Crippen LogP contribution < -0.4 is 10.1 Å². The van der Waals surface area contributed by atoms with Gasteiger partial charge in [0.15, 0.2) is 0 Å². The highest BCUT2D eigenvalue weighted by atomic mass is 35.5.